The van der Waals surface area contributed by atoms with Crippen LogP contribution in [0.3, 0.4) is 0 Å². The standard InChI is InChI=1S/C10H12ClNOS/c11-9-4-2-8(3-5-9)10(13)12-6-1-7-14/h2-5,14H,1,6-7H2,(H,12,13). The first-order valence-corrected chi connectivity index (χ1v) is 5.39. The lowest BCUT2D eigenvalue weighted by molar-refractivity contribution is 0.0954. The molecule has 0 atom stereocenters. The second-order valence-electron chi connectivity index (χ2n) is 2.84. The summed E-state index contributed by atoms with van der Waals surface area (Å²) in [5.41, 5.74) is 0.633. The van der Waals surface area contributed by atoms with Gasteiger partial charge in [0.05, 0.1) is 0 Å². The summed E-state index contributed by atoms with van der Waals surface area (Å²) in [6.45, 7) is 0.658. The normalized spacial score (nSPS) is 9.86. The number of rotatable bonds is 4. The van der Waals surface area contributed by atoms with Crippen molar-refractivity contribution in [3.8, 4) is 0 Å². The van der Waals surface area contributed by atoms with E-state index in [1.807, 2.05) is 0 Å². The van der Waals surface area contributed by atoms with E-state index in [-0.39, 0.29) is 5.91 Å². The number of benzene rings is 1. The zero-order valence-corrected chi connectivity index (χ0v) is 9.31. The van der Waals surface area contributed by atoms with Gasteiger partial charge in [-0.25, -0.2) is 0 Å². The lowest BCUT2D eigenvalue weighted by Crippen LogP contribution is -2.24. The summed E-state index contributed by atoms with van der Waals surface area (Å²) in [4.78, 5) is 11.5. The molecule has 0 radical (unpaired) electrons. The monoisotopic (exact) mass is 229 g/mol. The molecule has 0 bridgehead atoms. The lowest BCUT2D eigenvalue weighted by atomic mass is 10.2. The Bertz CT molecular complexity index is 299. The van der Waals surface area contributed by atoms with E-state index in [1.165, 1.54) is 0 Å². The van der Waals surface area contributed by atoms with Crippen LogP contribution in [0.25, 0.3) is 0 Å². The topological polar surface area (TPSA) is 29.1 Å². The van der Waals surface area contributed by atoms with Gasteiger partial charge in [-0.15, -0.1) is 0 Å². The molecule has 0 aromatic heterocycles. The van der Waals surface area contributed by atoms with Crippen LogP contribution in [0, 0.1) is 0 Å². The molecule has 1 rings (SSSR count). The lowest BCUT2D eigenvalue weighted by Gasteiger charge is -2.03. The molecule has 1 N–H and O–H groups in total. The predicted octanol–water partition coefficient (Wildman–Crippen LogP) is 2.39. The molecule has 1 aromatic carbocycles. The molecule has 1 aromatic rings. The molecule has 0 saturated heterocycles. The Kier molecular flexibility index (Phi) is 4.84. The fourth-order valence-electron chi connectivity index (χ4n) is 0.984. The quantitative estimate of drug-likeness (QED) is 0.603. The number of thiol groups is 1. The van der Waals surface area contributed by atoms with Gasteiger partial charge in [0.2, 0.25) is 0 Å². The molecule has 0 heterocycles. The molecule has 1 amide bonds. The van der Waals surface area contributed by atoms with Crippen LogP contribution in [0.1, 0.15) is 16.8 Å². The number of halogens is 1. The Hall–Kier alpha value is -0.670. The van der Waals surface area contributed by atoms with Gasteiger partial charge in [-0.2, -0.15) is 12.6 Å². The molecule has 4 heteroatoms. The number of carbonyl (C=O) groups excluding carboxylic acids is 1. The third-order valence-corrected chi connectivity index (χ3v) is 2.30. The van der Waals surface area contributed by atoms with Crippen molar-refractivity contribution in [1.82, 2.24) is 5.32 Å². The van der Waals surface area contributed by atoms with Crippen molar-refractivity contribution in [3.63, 3.8) is 0 Å². The Morgan fingerprint density at radius 1 is 1.36 bits per heavy atom. The van der Waals surface area contributed by atoms with Crippen molar-refractivity contribution in [3.05, 3.63) is 34.9 Å². The molecular weight excluding hydrogens is 218 g/mol. The van der Waals surface area contributed by atoms with Gasteiger partial charge in [0.15, 0.2) is 0 Å². The summed E-state index contributed by atoms with van der Waals surface area (Å²) >= 11 is 9.76. The number of amides is 1. The average Bonchev–Trinajstić information content (AvgIpc) is 2.19. The van der Waals surface area contributed by atoms with Crippen LogP contribution in [0.15, 0.2) is 24.3 Å². The molecule has 14 heavy (non-hydrogen) atoms. The number of carbonyl (C=O) groups is 1. The highest BCUT2D eigenvalue weighted by atomic mass is 35.5. The van der Waals surface area contributed by atoms with Gasteiger partial charge in [0.1, 0.15) is 0 Å². The van der Waals surface area contributed by atoms with Gasteiger partial charge in [0.25, 0.3) is 5.91 Å². The van der Waals surface area contributed by atoms with Crippen molar-refractivity contribution >= 4 is 30.1 Å². The van der Waals surface area contributed by atoms with Gasteiger partial charge >= 0.3 is 0 Å². The predicted molar refractivity (Wildman–Crippen MR) is 62.3 cm³/mol. The van der Waals surface area contributed by atoms with Crippen LogP contribution in [0.4, 0.5) is 0 Å². The molecule has 0 spiro atoms. The third kappa shape index (κ3) is 3.60. The van der Waals surface area contributed by atoms with Gasteiger partial charge < -0.3 is 5.32 Å². The maximum Gasteiger partial charge on any atom is 0.251 e. The minimum Gasteiger partial charge on any atom is -0.352 e. The maximum absolute atomic E-state index is 11.5. The Balaban J connectivity index is 2.48. The Morgan fingerprint density at radius 2 is 2.00 bits per heavy atom. The number of nitrogens with one attached hydrogen (secondary N) is 1. The first-order chi connectivity index (χ1) is 6.74. The summed E-state index contributed by atoms with van der Waals surface area (Å²) in [5.74, 6) is 0.712. The van der Waals surface area contributed by atoms with Crippen molar-refractivity contribution in [2.75, 3.05) is 12.3 Å². The summed E-state index contributed by atoms with van der Waals surface area (Å²) in [6, 6.07) is 6.82. The van der Waals surface area contributed by atoms with E-state index in [2.05, 4.69) is 17.9 Å². The van der Waals surface area contributed by atoms with Gasteiger partial charge in [0, 0.05) is 17.1 Å². The number of hydrogen-bond donors (Lipinski definition) is 2. The fourth-order valence-corrected chi connectivity index (χ4v) is 1.27. The number of hydrogen-bond acceptors (Lipinski definition) is 2. The molecule has 0 aliphatic rings. The molecule has 0 fully saturated rings. The second kappa shape index (κ2) is 5.94. The van der Waals surface area contributed by atoms with E-state index in [9.17, 15) is 4.79 Å². The van der Waals surface area contributed by atoms with E-state index in [0.29, 0.717) is 17.1 Å². The SMILES string of the molecule is O=C(NCCCS)c1ccc(Cl)cc1. The van der Waals surface area contributed by atoms with Gasteiger partial charge in [-0.3, -0.25) is 4.79 Å². The van der Waals surface area contributed by atoms with Crippen LogP contribution in [0.5, 0.6) is 0 Å². The third-order valence-electron chi connectivity index (χ3n) is 1.73. The van der Waals surface area contributed by atoms with Gasteiger partial charge in [-0.1, -0.05) is 11.6 Å². The molecule has 76 valence electrons. The smallest absolute Gasteiger partial charge is 0.251 e. The minimum absolute atomic E-state index is 0.0662. The van der Waals surface area contributed by atoms with E-state index in [4.69, 9.17) is 11.6 Å². The van der Waals surface area contributed by atoms with E-state index in [1.54, 1.807) is 24.3 Å². The van der Waals surface area contributed by atoms with Crippen LogP contribution >= 0.6 is 24.2 Å². The molecule has 0 unspecified atom stereocenters. The second-order valence-corrected chi connectivity index (χ2v) is 3.72. The molecule has 2 nitrogen and oxygen atoms in total. The fraction of sp³-hybridized carbons (Fsp3) is 0.300. The van der Waals surface area contributed by atoms with Crippen LogP contribution in [-0.4, -0.2) is 18.2 Å². The highest BCUT2D eigenvalue weighted by molar-refractivity contribution is 7.80. The van der Waals surface area contributed by atoms with Crippen molar-refractivity contribution < 1.29 is 4.79 Å². The Morgan fingerprint density at radius 3 is 2.57 bits per heavy atom. The summed E-state index contributed by atoms with van der Waals surface area (Å²) < 4.78 is 0. The zero-order chi connectivity index (χ0) is 10.4. The van der Waals surface area contributed by atoms with Crippen LogP contribution < -0.4 is 5.32 Å². The highest BCUT2D eigenvalue weighted by Gasteiger charge is 2.02. The van der Waals surface area contributed by atoms with Crippen molar-refractivity contribution in [2.45, 2.75) is 6.42 Å². The summed E-state index contributed by atoms with van der Waals surface area (Å²) in [5, 5.41) is 3.42. The van der Waals surface area contributed by atoms with Crippen LogP contribution in [0.2, 0.25) is 5.02 Å². The zero-order valence-electron chi connectivity index (χ0n) is 7.66. The first kappa shape index (κ1) is 11.4. The van der Waals surface area contributed by atoms with Crippen LogP contribution in [-0.2, 0) is 0 Å². The Labute approximate surface area is 94.1 Å². The maximum atomic E-state index is 11.5. The summed E-state index contributed by atoms with van der Waals surface area (Å²) in [7, 11) is 0. The van der Waals surface area contributed by atoms with E-state index in [0.717, 1.165) is 12.2 Å². The molecule has 0 aliphatic heterocycles. The van der Waals surface area contributed by atoms with E-state index < -0.39 is 0 Å². The molecule has 0 saturated carbocycles. The molecule has 0 aliphatic carbocycles. The molecular formula is C10H12ClNOS. The van der Waals surface area contributed by atoms with Crippen molar-refractivity contribution in [2.24, 2.45) is 0 Å². The van der Waals surface area contributed by atoms with Gasteiger partial charge in [-0.05, 0) is 36.4 Å². The average molecular weight is 230 g/mol. The summed E-state index contributed by atoms with van der Waals surface area (Å²) in [6.07, 6.45) is 0.877. The minimum atomic E-state index is -0.0662. The van der Waals surface area contributed by atoms with E-state index >= 15 is 0 Å². The highest BCUT2D eigenvalue weighted by Crippen LogP contribution is 2.09. The largest absolute Gasteiger partial charge is 0.352 e. The van der Waals surface area contributed by atoms with Crippen molar-refractivity contribution in [1.29, 1.82) is 0 Å². The first-order valence-electron chi connectivity index (χ1n) is 4.38.